The highest BCUT2D eigenvalue weighted by Crippen LogP contribution is 2.24. The summed E-state index contributed by atoms with van der Waals surface area (Å²) in [6.07, 6.45) is 5.81. The van der Waals surface area contributed by atoms with Crippen molar-refractivity contribution >= 4 is 0 Å². The maximum Gasteiger partial charge on any atom is 0.226 e. The average molecular weight is 278 g/mol. The van der Waals surface area contributed by atoms with Crippen LogP contribution in [0.25, 0.3) is 0 Å². The molecule has 20 heavy (non-hydrogen) atoms. The van der Waals surface area contributed by atoms with Crippen LogP contribution in [0.2, 0.25) is 0 Å². The SMILES string of the molecule is CCN1CCCC(Cc2nc(C3CCNCC3)no2)C1. The fourth-order valence-corrected chi connectivity index (χ4v) is 3.45. The molecule has 1 atom stereocenters. The molecule has 2 aliphatic heterocycles. The second-order valence-corrected chi connectivity index (χ2v) is 6.18. The highest BCUT2D eigenvalue weighted by molar-refractivity contribution is 4.98. The Hall–Kier alpha value is -0.940. The molecule has 0 bridgehead atoms. The normalized spacial score (nSPS) is 25.9. The number of hydrogen-bond donors (Lipinski definition) is 1. The Morgan fingerprint density at radius 3 is 2.95 bits per heavy atom. The van der Waals surface area contributed by atoms with Crippen LogP contribution in [0.3, 0.4) is 0 Å². The van der Waals surface area contributed by atoms with E-state index in [1.807, 2.05) is 0 Å². The van der Waals surface area contributed by atoms with Crippen molar-refractivity contribution in [1.82, 2.24) is 20.4 Å². The molecule has 1 N–H and O–H groups in total. The van der Waals surface area contributed by atoms with Gasteiger partial charge in [0.25, 0.3) is 0 Å². The molecule has 2 aliphatic rings. The van der Waals surface area contributed by atoms with Gasteiger partial charge in [0.1, 0.15) is 0 Å². The number of rotatable bonds is 4. The van der Waals surface area contributed by atoms with Gasteiger partial charge >= 0.3 is 0 Å². The van der Waals surface area contributed by atoms with Crippen LogP contribution in [0.1, 0.15) is 50.2 Å². The number of likely N-dealkylation sites (tertiary alicyclic amines) is 1. The van der Waals surface area contributed by atoms with E-state index in [1.54, 1.807) is 0 Å². The van der Waals surface area contributed by atoms with Gasteiger partial charge < -0.3 is 14.7 Å². The molecule has 5 nitrogen and oxygen atoms in total. The van der Waals surface area contributed by atoms with Crippen molar-refractivity contribution in [3.8, 4) is 0 Å². The zero-order chi connectivity index (χ0) is 13.8. The largest absolute Gasteiger partial charge is 0.339 e. The third-order valence-electron chi connectivity index (χ3n) is 4.70. The summed E-state index contributed by atoms with van der Waals surface area (Å²) in [7, 11) is 0. The van der Waals surface area contributed by atoms with Gasteiger partial charge in [0.15, 0.2) is 5.82 Å². The molecule has 2 fully saturated rings. The second kappa shape index (κ2) is 6.68. The van der Waals surface area contributed by atoms with Gasteiger partial charge in [-0.3, -0.25) is 0 Å². The Morgan fingerprint density at radius 1 is 1.30 bits per heavy atom. The quantitative estimate of drug-likeness (QED) is 0.910. The van der Waals surface area contributed by atoms with Crippen molar-refractivity contribution in [1.29, 1.82) is 0 Å². The maximum atomic E-state index is 5.49. The minimum absolute atomic E-state index is 0.493. The molecule has 0 amide bonds. The molecule has 0 radical (unpaired) electrons. The summed E-state index contributed by atoms with van der Waals surface area (Å²) in [6, 6.07) is 0. The van der Waals surface area contributed by atoms with E-state index < -0.39 is 0 Å². The van der Waals surface area contributed by atoms with Gasteiger partial charge in [-0.15, -0.1) is 0 Å². The monoisotopic (exact) mass is 278 g/mol. The van der Waals surface area contributed by atoms with E-state index >= 15 is 0 Å². The first-order valence-corrected chi connectivity index (χ1v) is 8.10. The Kier molecular flexibility index (Phi) is 4.68. The Bertz CT molecular complexity index is 414. The van der Waals surface area contributed by atoms with E-state index in [2.05, 4.69) is 27.3 Å². The van der Waals surface area contributed by atoms with Gasteiger partial charge in [-0.2, -0.15) is 4.98 Å². The lowest BCUT2D eigenvalue weighted by molar-refractivity contribution is 0.174. The summed E-state index contributed by atoms with van der Waals surface area (Å²) in [6.45, 7) is 7.97. The summed E-state index contributed by atoms with van der Waals surface area (Å²) in [5, 5.41) is 7.59. The average Bonchev–Trinajstić information content (AvgIpc) is 2.97. The minimum atomic E-state index is 0.493. The Labute approximate surface area is 121 Å². The highest BCUT2D eigenvalue weighted by atomic mass is 16.5. The molecule has 1 unspecified atom stereocenters. The zero-order valence-corrected chi connectivity index (χ0v) is 12.5. The summed E-state index contributed by atoms with van der Waals surface area (Å²) < 4.78 is 5.49. The van der Waals surface area contributed by atoms with Crippen LogP contribution in [0.15, 0.2) is 4.52 Å². The van der Waals surface area contributed by atoms with Crippen LogP contribution in [0.4, 0.5) is 0 Å². The summed E-state index contributed by atoms with van der Waals surface area (Å²) in [5.41, 5.74) is 0. The van der Waals surface area contributed by atoms with Gasteiger partial charge in [0.2, 0.25) is 5.89 Å². The van der Waals surface area contributed by atoms with Crippen LogP contribution in [-0.4, -0.2) is 47.8 Å². The topological polar surface area (TPSA) is 54.2 Å². The molecule has 0 spiro atoms. The third kappa shape index (κ3) is 3.38. The minimum Gasteiger partial charge on any atom is -0.339 e. The van der Waals surface area contributed by atoms with Crippen LogP contribution in [0.5, 0.6) is 0 Å². The van der Waals surface area contributed by atoms with Crippen molar-refractivity contribution in [2.75, 3.05) is 32.7 Å². The first kappa shape index (κ1) is 14.0. The van der Waals surface area contributed by atoms with E-state index in [-0.39, 0.29) is 0 Å². The molecule has 3 rings (SSSR count). The molecule has 1 aromatic rings. The van der Waals surface area contributed by atoms with Gasteiger partial charge in [-0.05, 0) is 57.8 Å². The molecule has 112 valence electrons. The van der Waals surface area contributed by atoms with Gasteiger partial charge in [0, 0.05) is 18.9 Å². The van der Waals surface area contributed by atoms with Crippen molar-refractivity contribution in [3.05, 3.63) is 11.7 Å². The fourth-order valence-electron chi connectivity index (χ4n) is 3.45. The lowest BCUT2D eigenvalue weighted by Crippen LogP contribution is -2.35. The van der Waals surface area contributed by atoms with Crippen LogP contribution >= 0.6 is 0 Å². The lowest BCUT2D eigenvalue weighted by atomic mass is 9.94. The van der Waals surface area contributed by atoms with E-state index in [1.165, 1.54) is 25.9 Å². The Balaban J connectivity index is 1.56. The highest BCUT2D eigenvalue weighted by Gasteiger charge is 2.24. The van der Waals surface area contributed by atoms with E-state index in [4.69, 9.17) is 4.52 Å². The number of nitrogens with zero attached hydrogens (tertiary/aromatic N) is 3. The number of aromatic nitrogens is 2. The van der Waals surface area contributed by atoms with E-state index in [0.29, 0.717) is 11.8 Å². The molecule has 5 heteroatoms. The Morgan fingerprint density at radius 2 is 2.15 bits per heavy atom. The fraction of sp³-hybridized carbons (Fsp3) is 0.867. The van der Waals surface area contributed by atoms with Crippen molar-refractivity contribution in [2.45, 2.75) is 44.9 Å². The van der Waals surface area contributed by atoms with Gasteiger partial charge in [-0.25, -0.2) is 0 Å². The zero-order valence-electron chi connectivity index (χ0n) is 12.5. The standard InChI is InChI=1S/C15H26N4O/c1-2-19-9-3-4-12(11-19)10-14-17-15(18-20-14)13-5-7-16-8-6-13/h12-13,16H,2-11H2,1H3. The third-order valence-corrected chi connectivity index (χ3v) is 4.70. The van der Waals surface area contributed by atoms with Crippen LogP contribution < -0.4 is 5.32 Å². The first-order chi connectivity index (χ1) is 9.85. The van der Waals surface area contributed by atoms with Crippen molar-refractivity contribution in [2.24, 2.45) is 5.92 Å². The van der Waals surface area contributed by atoms with Crippen LogP contribution in [-0.2, 0) is 6.42 Å². The first-order valence-electron chi connectivity index (χ1n) is 8.10. The van der Waals surface area contributed by atoms with Crippen molar-refractivity contribution in [3.63, 3.8) is 0 Å². The molecule has 1 aromatic heterocycles. The lowest BCUT2D eigenvalue weighted by Gasteiger charge is -2.31. The van der Waals surface area contributed by atoms with Crippen molar-refractivity contribution < 1.29 is 4.52 Å². The predicted octanol–water partition coefficient (Wildman–Crippen LogP) is 1.81. The smallest absolute Gasteiger partial charge is 0.226 e. The van der Waals surface area contributed by atoms with E-state index in [0.717, 1.165) is 50.6 Å². The maximum absolute atomic E-state index is 5.49. The molecular weight excluding hydrogens is 252 g/mol. The predicted molar refractivity (Wildman–Crippen MR) is 77.7 cm³/mol. The number of nitrogens with one attached hydrogen (secondary N) is 1. The summed E-state index contributed by atoms with van der Waals surface area (Å²) in [4.78, 5) is 7.18. The molecule has 0 aromatic carbocycles. The van der Waals surface area contributed by atoms with Gasteiger partial charge in [-0.1, -0.05) is 12.1 Å². The van der Waals surface area contributed by atoms with Crippen LogP contribution in [0, 0.1) is 5.92 Å². The number of hydrogen-bond acceptors (Lipinski definition) is 5. The van der Waals surface area contributed by atoms with E-state index in [9.17, 15) is 0 Å². The molecule has 2 saturated heterocycles. The second-order valence-electron chi connectivity index (χ2n) is 6.18. The molecular formula is C15H26N4O. The number of piperidine rings is 2. The molecule has 0 saturated carbocycles. The van der Waals surface area contributed by atoms with Gasteiger partial charge in [0.05, 0.1) is 0 Å². The molecule has 3 heterocycles. The molecule has 0 aliphatic carbocycles. The summed E-state index contributed by atoms with van der Waals surface area (Å²) >= 11 is 0. The summed E-state index contributed by atoms with van der Waals surface area (Å²) in [5.74, 6) is 2.96.